The Hall–Kier alpha value is -2.65. The first-order valence-electron chi connectivity index (χ1n) is 9.45. The van der Waals surface area contributed by atoms with Crippen molar-refractivity contribution in [3.63, 3.8) is 0 Å². The van der Waals surface area contributed by atoms with Gasteiger partial charge in [-0.25, -0.2) is 9.67 Å². The summed E-state index contributed by atoms with van der Waals surface area (Å²) in [5, 5.41) is 6.78. The fourth-order valence-corrected chi connectivity index (χ4v) is 4.28. The predicted molar refractivity (Wildman–Crippen MR) is 111 cm³/mol. The number of rotatable bonds is 2. The lowest BCUT2D eigenvalue weighted by Gasteiger charge is -2.20. The molecule has 5 rings (SSSR count). The summed E-state index contributed by atoms with van der Waals surface area (Å²) in [5.41, 5.74) is 8.08. The van der Waals surface area contributed by atoms with E-state index in [0.29, 0.717) is 0 Å². The van der Waals surface area contributed by atoms with E-state index in [2.05, 4.69) is 31.2 Å². The standard InChI is InChI=1S/C23H20ClN3/c1-15-21-22(16-11-13-17(24)14-12-16)19-9-5-6-10-20(19)25-23(21)27(26-15)18-7-3-2-4-8-18/h2-4,7-8,11-14H,5-6,9-10H2,1H3. The van der Waals surface area contributed by atoms with Gasteiger partial charge in [-0.15, -0.1) is 0 Å². The van der Waals surface area contributed by atoms with Gasteiger partial charge < -0.3 is 0 Å². The van der Waals surface area contributed by atoms with Gasteiger partial charge >= 0.3 is 0 Å². The van der Waals surface area contributed by atoms with Gasteiger partial charge in [0.25, 0.3) is 0 Å². The third-order valence-corrected chi connectivity index (χ3v) is 5.65. The number of hydrogen-bond acceptors (Lipinski definition) is 2. The van der Waals surface area contributed by atoms with Crippen molar-refractivity contribution in [1.29, 1.82) is 0 Å². The average Bonchev–Trinajstić information content (AvgIpc) is 3.04. The minimum absolute atomic E-state index is 0.759. The molecule has 0 aliphatic heterocycles. The van der Waals surface area contributed by atoms with Gasteiger partial charge in [0.2, 0.25) is 0 Å². The predicted octanol–water partition coefficient (Wildman–Crippen LogP) is 5.93. The van der Waals surface area contributed by atoms with Crippen LogP contribution in [0.15, 0.2) is 54.6 Å². The van der Waals surface area contributed by atoms with Crippen LogP contribution in [-0.2, 0) is 12.8 Å². The smallest absolute Gasteiger partial charge is 0.164 e. The van der Waals surface area contributed by atoms with E-state index in [1.807, 2.05) is 35.0 Å². The van der Waals surface area contributed by atoms with E-state index in [-0.39, 0.29) is 0 Å². The summed E-state index contributed by atoms with van der Waals surface area (Å²) in [6.07, 6.45) is 4.52. The summed E-state index contributed by atoms with van der Waals surface area (Å²) in [7, 11) is 0. The number of para-hydroxylation sites is 1. The molecule has 0 unspecified atom stereocenters. The number of pyridine rings is 1. The van der Waals surface area contributed by atoms with Crippen molar-refractivity contribution in [2.75, 3.05) is 0 Å². The van der Waals surface area contributed by atoms with Crippen molar-refractivity contribution in [3.05, 3.63) is 76.6 Å². The van der Waals surface area contributed by atoms with E-state index in [4.69, 9.17) is 21.7 Å². The number of hydrogen-bond donors (Lipinski definition) is 0. The minimum atomic E-state index is 0.759. The lowest BCUT2D eigenvalue weighted by atomic mass is 9.87. The Kier molecular flexibility index (Phi) is 3.98. The second-order valence-electron chi connectivity index (χ2n) is 7.16. The first-order chi connectivity index (χ1) is 13.2. The summed E-state index contributed by atoms with van der Waals surface area (Å²) in [4.78, 5) is 5.09. The number of nitrogens with zero attached hydrogens (tertiary/aromatic N) is 3. The van der Waals surface area contributed by atoms with E-state index in [1.54, 1.807) is 0 Å². The van der Waals surface area contributed by atoms with Crippen molar-refractivity contribution in [2.24, 2.45) is 0 Å². The fourth-order valence-electron chi connectivity index (χ4n) is 4.16. The van der Waals surface area contributed by atoms with Gasteiger partial charge in [0.15, 0.2) is 5.65 Å². The molecule has 0 amide bonds. The van der Waals surface area contributed by atoms with Gasteiger partial charge in [-0.3, -0.25) is 0 Å². The first-order valence-corrected chi connectivity index (χ1v) is 9.82. The molecule has 0 fully saturated rings. The molecule has 2 heterocycles. The number of benzene rings is 2. The topological polar surface area (TPSA) is 30.7 Å². The third-order valence-electron chi connectivity index (χ3n) is 5.40. The van der Waals surface area contributed by atoms with Crippen molar-refractivity contribution >= 4 is 22.6 Å². The number of aryl methyl sites for hydroxylation is 2. The number of fused-ring (bicyclic) bond motifs is 2. The first kappa shape index (κ1) is 16.5. The molecular weight excluding hydrogens is 354 g/mol. The van der Waals surface area contributed by atoms with E-state index >= 15 is 0 Å². The average molecular weight is 374 g/mol. The highest BCUT2D eigenvalue weighted by Crippen LogP contribution is 2.38. The maximum atomic E-state index is 6.15. The van der Waals surface area contributed by atoms with Crippen LogP contribution in [0.2, 0.25) is 5.02 Å². The molecule has 0 saturated heterocycles. The Morgan fingerprint density at radius 2 is 1.67 bits per heavy atom. The van der Waals surface area contributed by atoms with Crippen LogP contribution in [0, 0.1) is 6.92 Å². The molecule has 0 radical (unpaired) electrons. The highest BCUT2D eigenvalue weighted by Gasteiger charge is 2.23. The van der Waals surface area contributed by atoms with Gasteiger partial charge in [0.1, 0.15) is 0 Å². The maximum absolute atomic E-state index is 6.15. The Morgan fingerprint density at radius 1 is 0.926 bits per heavy atom. The molecule has 1 aliphatic rings. The molecule has 0 saturated carbocycles. The Labute approximate surface area is 163 Å². The summed E-state index contributed by atoms with van der Waals surface area (Å²) < 4.78 is 1.99. The van der Waals surface area contributed by atoms with Gasteiger partial charge in [0.05, 0.1) is 16.8 Å². The highest BCUT2D eigenvalue weighted by molar-refractivity contribution is 6.30. The molecule has 1 aliphatic carbocycles. The number of aromatic nitrogens is 3. The van der Waals surface area contributed by atoms with Crippen LogP contribution < -0.4 is 0 Å². The Morgan fingerprint density at radius 3 is 2.44 bits per heavy atom. The zero-order valence-electron chi connectivity index (χ0n) is 15.2. The van der Waals surface area contributed by atoms with Gasteiger partial charge in [-0.2, -0.15) is 5.10 Å². The molecule has 0 bridgehead atoms. The molecule has 3 nitrogen and oxygen atoms in total. The van der Waals surface area contributed by atoms with Crippen LogP contribution >= 0.6 is 11.6 Å². The molecule has 134 valence electrons. The molecule has 4 aromatic rings. The molecule has 0 atom stereocenters. The second kappa shape index (κ2) is 6.50. The molecule has 0 N–H and O–H groups in total. The third kappa shape index (κ3) is 2.74. The normalized spacial score (nSPS) is 13.7. The summed E-state index contributed by atoms with van der Waals surface area (Å²) in [6, 6.07) is 18.4. The lowest BCUT2D eigenvalue weighted by molar-refractivity contribution is 0.671. The fraction of sp³-hybridized carbons (Fsp3) is 0.217. The Bertz CT molecular complexity index is 1130. The molecule has 2 aromatic carbocycles. The largest absolute Gasteiger partial charge is 0.233 e. The monoisotopic (exact) mass is 373 g/mol. The number of halogens is 1. The quantitative estimate of drug-likeness (QED) is 0.436. The van der Waals surface area contributed by atoms with E-state index in [0.717, 1.165) is 40.3 Å². The van der Waals surface area contributed by atoms with Crippen LogP contribution in [0.25, 0.3) is 27.8 Å². The zero-order chi connectivity index (χ0) is 18.4. The van der Waals surface area contributed by atoms with E-state index < -0.39 is 0 Å². The van der Waals surface area contributed by atoms with Crippen LogP contribution in [-0.4, -0.2) is 14.8 Å². The van der Waals surface area contributed by atoms with Crippen molar-refractivity contribution in [3.8, 4) is 16.8 Å². The van der Waals surface area contributed by atoms with Crippen LogP contribution in [0.3, 0.4) is 0 Å². The lowest BCUT2D eigenvalue weighted by Crippen LogP contribution is -2.09. The van der Waals surface area contributed by atoms with Crippen molar-refractivity contribution < 1.29 is 0 Å². The second-order valence-corrected chi connectivity index (χ2v) is 7.59. The SMILES string of the molecule is Cc1nn(-c2ccccc2)c2nc3c(c(-c4ccc(Cl)cc4)c12)CCCC3. The molecule has 0 spiro atoms. The summed E-state index contributed by atoms with van der Waals surface area (Å²) >= 11 is 6.15. The highest BCUT2D eigenvalue weighted by atomic mass is 35.5. The van der Waals surface area contributed by atoms with E-state index in [9.17, 15) is 0 Å². The van der Waals surface area contributed by atoms with Gasteiger partial charge in [0, 0.05) is 10.7 Å². The van der Waals surface area contributed by atoms with Gasteiger partial charge in [-0.1, -0.05) is 41.9 Å². The van der Waals surface area contributed by atoms with Crippen molar-refractivity contribution in [1.82, 2.24) is 14.8 Å². The molecule has 4 heteroatoms. The molecule has 2 aromatic heterocycles. The maximum Gasteiger partial charge on any atom is 0.164 e. The summed E-state index contributed by atoms with van der Waals surface area (Å²) in [5.74, 6) is 0. The van der Waals surface area contributed by atoms with Crippen LogP contribution in [0.5, 0.6) is 0 Å². The van der Waals surface area contributed by atoms with E-state index in [1.165, 1.54) is 35.2 Å². The van der Waals surface area contributed by atoms with Crippen LogP contribution in [0.4, 0.5) is 0 Å². The van der Waals surface area contributed by atoms with Crippen LogP contribution in [0.1, 0.15) is 29.8 Å². The van der Waals surface area contributed by atoms with Gasteiger partial charge in [-0.05, 0) is 73.6 Å². The van der Waals surface area contributed by atoms with Crippen molar-refractivity contribution in [2.45, 2.75) is 32.6 Å². The summed E-state index contributed by atoms with van der Waals surface area (Å²) in [6.45, 7) is 2.08. The Balaban J connectivity index is 1.87. The molecular formula is C23H20ClN3. The molecule has 27 heavy (non-hydrogen) atoms. The zero-order valence-corrected chi connectivity index (χ0v) is 16.0. The minimum Gasteiger partial charge on any atom is -0.233 e.